The van der Waals surface area contributed by atoms with Gasteiger partial charge < -0.3 is 3.07 Å². The molecule has 0 aromatic carbocycles. The SMILES string of the molecule is CC.CC(=O)C1=CCCC=C1OI. The average molecular weight is 294 g/mol. The van der Waals surface area contributed by atoms with E-state index < -0.39 is 0 Å². The third kappa shape index (κ3) is 3.93. The normalized spacial score (nSPS) is 14.8. The van der Waals surface area contributed by atoms with Crippen LogP contribution in [-0.4, -0.2) is 5.78 Å². The minimum Gasteiger partial charge on any atom is -0.427 e. The van der Waals surface area contributed by atoms with Crippen LogP contribution in [0.3, 0.4) is 0 Å². The summed E-state index contributed by atoms with van der Waals surface area (Å²) < 4.78 is 5.01. The number of carbonyl (C=O) groups excluding carboxylic acids is 1. The molecule has 3 heteroatoms. The summed E-state index contributed by atoms with van der Waals surface area (Å²) in [5.74, 6) is 0.789. The highest BCUT2D eigenvalue weighted by atomic mass is 127. The summed E-state index contributed by atoms with van der Waals surface area (Å²) in [7, 11) is 0. The average Bonchev–Trinajstić information content (AvgIpc) is 2.20. The summed E-state index contributed by atoms with van der Waals surface area (Å²) in [6.07, 6.45) is 5.78. The maximum Gasteiger partial charge on any atom is 0.192 e. The molecule has 0 atom stereocenters. The zero-order valence-corrected chi connectivity index (χ0v) is 10.4. The molecule has 0 N–H and O–H groups in total. The Balaban J connectivity index is 0.000000671. The van der Waals surface area contributed by atoms with Crippen molar-refractivity contribution in [3.8, 4) is 0 Å². The Morgan fingerprint density at radius 2 is 1.92 bits per heavy atom. The number of ketones is 1. The highest BCUT2D eigenvalue weighted by Crippen LogP contribution is 2.22. The minimum absolute atomic E-state index is 0.0765. The fourth-order valence-corrected chi connectivity index (χ4v) is 1.46. The number of hydrogen-bond acceptors (Lipinski definition) is 2. The highest BCUT2D eigenvalue weighted by molar-refractivity contribution is 14.1. The van der Waals surface area contributed by atoms with Gasteiger partial charge in [-0.2, -0.15) is 0 Å². The van der Waals surface area contributed by atoms with Gasteiger partial charge in [0.25, 0.3) is 0 Å². The van der Waals surface area contributed by atoms with Crippen LogP contribution in [0.25, 0.3) is 0 Å². The number of Topliss-reactive ketones (excluding diaryl/α,β-unsaturated/α-hetero) is 1. The molecular weight excluding hydrogens is 279 g/mol. The molecule has 0 saturated carbocycles. The summed E-state index contributed by atoms with van der Waals surface area (Å²) in [5.41, 5.74) is 0.714. The van der Waals surface area contributed by atoms with E-state index in [2.05, 4.69) is 0 Å². The van der Waals surface area contributed by atoms with E-state index >= 15 is 0 Å². The van der Waals surface area contributed by atoms with Crippen molar-refractivity contribution in [2.24, 2.45) is 0 Å². The van der Waals surface area contributed by atoms with Crippen LogP contribution in [0.4, 0.5) is 0 Å². The number of rotatable bonds is 2. The lowest BCUT2D eigenvalue weighted by atomic mass is 10.0. The van der Waals surface area contributed by atoms with E-state index in [0.29, 0.717) is 11.3 Å². The lowest BCUT2D eigenvalue weighted by Crippen LogP contribution is -2.03. The molecule has 1 rings (SSSR count). The Labute approximate surface area is 93.7 Å². The standard InChI is InChI=1S/C8H9IO2.C2H6/c1-6(10)7-4-2-3-5-8(7)11-9;1-2/h4-5H,2-3H2,1H3;1-2H3. The number of carbonyl (C=O) groups is 1. The molecule has 0 heterocycles. The van der Waals surface area contributed by atoms with E-state index in [9.17, 15) is 4.79 Å². The Bertz CT molecular complexity index is 229. The Morgan fingerprint density at radius 3 is 2.31 bits per heavy atom. The molecule has 2 nitrogen and oxygen atoms in total. The minimum atomic E-state index is 0.0765. The summed E-state index contributed by atoms with van der Waals surface area (Å²) >= 11 is 1.79. The highest BCUT2D eigenvalue weighted by Gasteiger charge is 2.13. The molecule has 1 aliphatic rings. The van der Waals surface area contributed by atoms with Crippen molar-refractivity contribution >= 4 is 28.8 Å². The van der Waals surface area contributed by atoms with E-state index in [1.807, 2.05) is 26.0 Å². The van der Waals surface area contributed by atoms with Crippen molar-refractivity contribution in [3.05, 3.63) is 23.5 Å². The smallest absolute Gasteiger partial charge is 0.192 e. The number of allylic oxidation sites excluding steroid dienone is 3. The van der Waals surface area contributed by atoms with E-state index in [0.717, 1.165) is 12.8 Å². The van der Waals surface area contributed by atoms with E-state index in [4.69, 9.17) is 3.07 Å². The van der Waals surface area contributed by atoms with E-state index in [-0.39, 0.29) is 5.78 Å². The second kappa shape index (κ2) is 7.12. The van der Waals surface area contributed by atoms with Crippen molar-refractivity contribution in [2.45, 2.75) is 33.6 Å². The molecule has 0 aromatic rings. The van der Waals surface area contributed by atoms with Crippen LogP contribution in [-0.2, 0) is 7.86 Å². The van der Waals surface area contributed by atoms with Gasteiger partial charge in [0, 0.05) is 0 Å². The van der Waals surface area contributed by atoms with Crippen LogP contribution in [0.5, 0.6) is 0 Å². The zero-order chi connectivity index (χ0) is 10.3. The van der Waals surface area contributed by atoms with Gasteiger partial charge in [-0.25, -0.2) is 0 Å². The Kier molecular flexibility index (Phi) is 6.94. The number of halogens is 1. The lowest BCUT2D eigenvalue weighted by molar-refractivity contribution is -0.113. The van der Waals surface area contributed by atoms with Gasteiger partial charge in [0.05, 0.1) is 5.57 Å². The van der Waals surface area contributed by atoms with Crippen LogP contribution in [0.1, 0.15) is 33.6 Å². The van der Waals surface area contributed by atoms with Gasteiger partial charge >= 0.3 is 0 Å². The van der Waals surface area contributed by atoms with Gasteiger partial charge in [-0.05, 0) is 25.8 Å². The van der Waals surface area contributed by atoms with Crippen LogP contribution < -0.4 is 0 Å². The van der Waals surface area contributed by atoms with Gasteiger partial charge in [-0.3, -0.25) is 4.79 Å². The van der Waals surface area contributed by atoms with Crippen LogP contribution in [0.2, 0.25) is 0 Å². The topological polar surface area (TPSA) is 26.3 Å². The first-order valence-corrected chi connectivity index (χ1v) is 5.34. The molecule has 0 bridgehead atoms. The molecule has 0 amide bonds. The van der Waals surface area contributed by atoms with E-state index in [1.54, 1.807) is 29.9 Å². The molecule has 0 radical (unpaired) electrons. The Morgan fingerprint density at radius 1 is 1.38 bits per heavy atom. The van der Waals surface area contributed by atoms with Crippen molar-refractivity contribution in [2.75, 3.05) is 0 Å². The molecule has 13 heavy (non-hydrogen) atoms. The largest absolute Gasteiger partial charge is 0.427 e. The maximum absolute atomic E-state index is 11.0. The molecule has 0 unspecified atom stereocenters. The van der Waals surface area contributed by atoms with Crippen LogP contribution in [0.15, 0.2) is 23.5 Å². The van der Waals surface area contributed by atoms with Crippen molar-refractivity contribution in [1.82, 2.24) is 0 Å². The lowest BCUT2D eigenvalue weighted by Gasteiger charge is -2.09. The van der Waals surface area contributed by atoms with E-state index in [1.165, 1.54) is 0 Å². The van der Waals surface area contributed by atoms with Gasteiger partial charge in [0.15, 0.2) is 28.8 Å². The van der Waals surface area contributed by atoms with Gasteiger partial charge in [-0.15, -0.1) is 0 Å². The van der Waals surface area contributed by atoms with Gasteiger partial charge in [0.1, 0.15) is 5.76 Å². The molecule has 0 spiro atoms. The Hall–Kier alpha value is -0.320. The first-order chi connectivity index (χ1) is 6.25. The summed E-state index contributed by atoms with van der Waals surface area (Å²) in [4.78, 5) is 11.0. The second-order valence-electron chi connectivity index (χ2n) is 2.40. The summed E-state index contributed by atoms with van der Waals surface area (Å²) in [5, 5.41) is 0. The van der Waals surface area contributed by atoms with Gasteiger partial charge in [0.2, 0.25) is 0 Å². The monoisotopic (exact) mass is 294 g/mol. The van der Waals surface area contributed by atoms with Crippen molar-refractivity contribution < 1.29 is 7.86 Å². The quantitative estimate of drug-likeness (QED) is 0.728. The third-order valence-corrected chi connectivity index (χ3v) is 2.05. The third-order valence-electron chi connectivity index (χ3n) is 1.57. The first kappa shape index (κ1) is 12.7. The van der Waals surface area contributed by atoms with Crippen LogP contribution in [0, 0.1) is 0 Å². The van der Waals surface area contributed by atoms with Crippen LogP contribution >= 0.6 is 23.0 Å². The predicted octanol–water partition coefficient (Wildman–Crippen LogP) is 3.57. The second-order valence-corrected chi connectivity index (χ2v) is 2.84. The summed E-state index contributed by atoms with van der Waals surface area (Å²) in [6, 6.07) is 0. The molecule has 0 aliphatic heterocycles. The fourth-order valence-electron chi connectivity index (χ4n) is 1.04. The molecule has 0 saturated heterocycles. The van der Waals surface area contributed by atoms with Gasteiger partial charge in [-0.1, -0.05) is 19.9 Å². The molecule has 1 aliphatic carbocycles. The van der Waals surface area contributed by atoms with Crippen molar-refractivity contribution in [1.29, 1.82) is 0 Å². The summed E-state index contributed by atoms with van der Waals surface area (Å²) in [6.45, 7) is 5.56. The number of hydrogen-bond donors (Lipinski definition) is 0. The predicted molar refractivity (Wildman–Crippen MR) is 62.5 cm³/mol. The molecule has 74 valence electrons. The van der Waals surface area contributed by atoms with Crippen molar-refractivity contribution in [3.63, 3.8) is 0 Å². The maximum atomic E-state index is 11.0. The first-order valence-electron chi connectivity index (χ1n) is 4.46. The fraction of sp³-hybridized carbons (Fsp3) is 0.500. The molecule has 0 aromatic heterocycles. The molecular formula is C10H15IO2. The molecule has 0 fully saturated rings. The zero-order valence-electron chi connectivity index (χ0n) is 8.26.